The number of nitrogens with one attached hydrogen (secondary N) is 1. The fourth-order valence-electron chi connectivity index (χ4n) is 3.50. The summed E-state index contributed by atoms with van der Waals surface area (Å²) in [6.45, 7) is 7.71. The number of benzene rings is 2. The lowest BCUT2D eigenvalue weighted by Crippen LogP contribution is -2.31. The molecule has 0 saturated carbocycles. The number of aryl methyl sites for hydroxylation is 1. The van der Waals surface area contributed by atoms with E-state index in [0.717, 1.165) is 35.6 Å². The Hall–Kier alpha value is -2.86. The zero-order valence-electron chi connectivity index (χ0n) is 18.2. The number of hydrogen-bond donors (Lipinski definition) is 1. The first-order chi connectivity index (χ1) is 14.5. The third kappa shape index (κ3) is 5.39. The van der Waals surface area contributed by atoms with Crippen LogP contribution in [0.25, 0.3) is 11.0 Å². The summed E-state index contributed by atoms with van der Waals surface area (Å²) in [7, 11) is 1.51. The van der Waals surface area contributed by atoms with Gasteiger partial charge in [-0.05, 0) is 49.1 Å². The van der Waals surface area contributed by atoms with Gasteiger partial charge in [0.15, 0.2) is 0 Å². The predicted octanol–water partition coefficient (Wildman–Crippen LogP) is 4.45. The number of para-hydroxylation sites is 2. The topological polar surface area (TPSA) is 65.4 Å². The Morgan fingerprint density at radius 1 is 1.10 bits per heavy atom. The maximum atomic E-state index is 11.9. The van der Waals surface area contributed by atoms with Gasteiger partial charge in [0.05, 0.1) is 23.7 Å². The molecule has 0 aliphatic carbocycles. The Morgan fingerprint density at radius 3 is 2.53 bits per heavy atom. The number of nitrogens with zero attached hydrogens (tertiary/aromatic N) is 2. The van der Waals surface area contributed by atoms with Crippen LogP contribution in [0.5, 0.6) is 5.75 Å². The molecular formula is C24H31N3O3. The van der Waals surface area contributed by atoms with Gasteiger partial charge in [-0.15, -0.1) is 0 Å². The Bertz CT molecular complexity index is 963. The van der Waals surface area contributed by atoms with Gasteiger partial charge < -0.3 is 19.4 Å². The molecule has 1 aromatic heterocycles. The molecule has 30 heavy (non-hydrogen) atoms. The average molecular weight is 410 g/mol. The van der Waals surface area contributed by atoms with E-state index in [0.29, 0.717) is 12.5 Å². The smallest absolute Gasteiger partial charge is 0.246 e. The minimum absolute atomic E-state index is 0.0357. The molecule has 160 valence electrons. The van der Waals surface area contributed by atoms with E-state index in [4.69, 9.17) is 14.5 Å². The molecule has 1 N–H and O–H groups in total. The van der Waals surface area contributed by atoms with Gasteiger partial charge in [-0.3, -0.25) is 4.79 Å². The number of rotatable bonds is 10. The molecule has 0 saturated heterocycles. The lowest BCUT2D eigenvalue weighted by molar-refractivity contribution is -0.125. The summed E-state index contributed by atoms with van der Waals surface area (Å²) in [5.74, 6) is 2.08. The number of carbonyl (C=O) groups excluding carboxylic acids is 1. The van der Waals surface area contributed by atoms with Crippen molar-refractivity contribution in [2.45, 2.75) is 45.7 Å². The first kappa shape index (κ1) is 21.8. The van der Waals surface area contributed by atoms with Crippen LogP contribution in [-0.4, -0.2) is 35.8 Å². The molecule has 0 fully saturated rings. The Balaban J connectivity index is 1.66. The summed E-state index contributed by atoms with van der Waals surface area (Å²) in [5, 5.41) is 2.95. The summed E-state index contributed by atoms with van der Waals surface area (Å²) >= 11 is 0. The molecule has 0 aliphatic heterocycles. The Morgan fingerprint density at radius 2 is 1.83 bits per heavy atom. The molecule has 1 unspecified atom stereocenters. The average Bonchev–Trinajstić information content (AvgIpc) is 3.10. The highest BCUT2D eigenvalue weighted by Gasteiger charge is 2.18. The van der Waals surface area contributed by atoms with E-state index < -0.39 is 0 Å². The van der Waals surface area contributed by atoms with Gasteiger partial charge in [-0.25, -0.2) is 4.98 Å². The van der Waals surface area contributed by atoms with E-state index in [1.165, 1.54) is 12.7 Å². The van der Waals surface area contributed by atoms with E-state index in [1.54, 1.807) is 0 Å². The van der Waals surface area contributed by atoms with Crippen LogP contribution in [0.15, 0.2) is 48.5 Å². The molecule has 1 heterocycles. The number of fused-ring (bicyclic) bond motifs is 1. The number of ether oxygens (including phenoxy) is 2. The highest BCUT2D eigenvalue weighted by molar-refractivity contribution is 5.78. The maximum Gasteiger partial charge on any atom is 0.246 e. The van der Waals surface area contributed by atoms with Crippen molar-refractivity contribution in [2.75, 3.05) is 20.3 Å². The molecule has 6 nitrogen and oxygen atoms in total. The first-order valence-electron chi connectivity index (χ1n) is 10.5. The first-order valence-corrected chi connectivity index (χ1v) is 10.5. The van der Waals surface area contributed by atoms with E-state index in [2.05, 4.69) is 41.9 Å². The van der Waals surface area contributed by atoms with Crippen LogP contribution in [0.4, 0.5) is 0 Å². The fourth-order valence-corrected chi connectivity index (χ4v) is 3.50. The third-order valence-electron chi connectivity index (χ3n) is 5.07. The number of aromatic nitrogens is 2. The van der Waals surface area contributed by atoms with Crippen molar-refractivity contribution in [1.82, 2.24) is 14.9 Å². The number of amides is 1. The SMILES string of the molecule is COCC(=O)NC(C)c1nc2ccccc2n1CCCOc1ccc(C(C)C)cc1. The van der Waals surface area contributed by atoms with Crippen molar-refractivity contribution < 1.29 is 14.3 Å². The van der Waals surface area contributed by atoms with Crippen LogP contribution in [0.2, 0.25) is 0 Å². The van der Waals surface area contributed by atoms with Crippen LogP contribution in [-0.2, 0) is 16.1 Å². The van der Waals surface area contributed by atoms with E-state index in [-0.39, 0.29) is 18.6 Å². The van der Waals surface area contributed by atoms with Crippen LogP contribution >= 0.6 is 0 Å². The van der Waals surface area contributed by atoms with Gasteiger partial charge in [-0.1, -0.05) is 38.1 Å². The fraction of sp³-hybridized carbons (Fsp3) is 0.417. The predicted molar refractivity (Wildman–Crippen MR) is 119 cm³/mol. The lowest BCUT2D eigenvalue weighted by Gasteiger charge is -2.16. The van der Waals surface area contributed by atoms with Gasteiger partial charge >= 0.3 is 0 Å². The summed E-state index contributed by atoms with van der Waals surface area (Å²) in [6.07, 6.45) is 0.831. The zero-order valence-corrected chi connectivity index (χ0v) is 18.2. The molecule has 1 atom stereocenters. The summed E-state index contributed by atoms with van der Waals surface area (Å²) < 4.78 is 13.0. The molecule has 3 aromatic rings. The van der Waals surface area contributed by atoms with Gasteiger partial charge in [-0.2, -0.15) is 0 Å². The van der Waals surface area contributed by atoms with Crippen molar-refractivity contribution in [3.05, 3.63) is 59.9 Å². The molecular weight excluding hydrogens is 378 g/mol. The van der Waals surface area contributed by atoms with Crippen molar-refractivity contribution in [2.24, 2.45) is 0 Å². The summed E-state index contributed by atoms with van der Waals surface area (Å²) in [6, 6.07) is 16.1. The van der Waals surface area contributed by atoms with Crippen molar-refractivity contribution in [3.63, 3.8) is 0 Å². The number of methoxy groups -OCH3 is 1. The number of hydrogen-bond acceptors (Lipinski definition) is 4. The second-order valence-electron chi connectivity index (χ2n) is 7.76. The molecule has 0 radical (unpaired) electrons. The highest BCUT2D eigenvalue weighted by atomic mass is 16.5. The Labute approximate surface area is 178 Å². The number of imidazole rings is 1. The van der Waals surface area contributed by atoms with E-state index in [9.17, 15) is 4.79 Å². The normalized spacial score (nSPS) is 12.3. The monoisotopic (exact) mass is 409 g/mol. The van der Waals surface area contributed by atoms with E-state index >= 15 is 0 Å². The van der Waals surface area contributed by atoms with Gasteiger partial charge in [0.2, 0.25) is 5.91 Å². The van der Waals surface area contributed by atoms with Crippen molar-refractivity contribution in [1.29, 1.82) is 0 Å². The standard InChI is InChI=1S/C24H31N3O3/c1-17(2)19-10-12-20(13-11-19)30-15-7-14-27-22-9-6-5-8-21(22)26-24(27)18(3)25-23(28)16-29-4/h5-6,8-13,17-18H,7,14-16H2,1-4H3,(H,25,28). The van der Waals surface area contributed by atoms with E-state index in [1.807, 2.05) is 37.3 Å². The van der Waals surface area contributed by atoms with Crippen LogP contribution in [0.1, 0.15) is 50.5 Å². The van der Waals surface area contributed by atoms with Crippen LogP contribution in [0, 0.1) is 0 Å². The van der Waals surface area contributed by atoms with Crippen LogP contribution < -0.4 is 10.1 Å². The third-order valence-corrected chi connectivity index (χ3v) is 5.07. The summed E-state index contributed by atoms with van der Waals surface area (Å²) in [5.41, 5.74) is 3.29. The van der Waals surface area contributed by atoms with Gasteiger partial charge in [0.1, 0.15) is 18.2 Å². The maximum absolute atomic E-state index is 11.9. The molecule has 1 amide bonds. The minimum atomic E-state index is -0.218. The quantitative estimate of drug-likeness (QED) is 0.502. The minimum Gasteiger partial charge on any atom is -0.494 e. The van der Waals surface area contributed by atoms with Gasteiger partial charge in [0.25, 0.3) is 0 Å². The highest BCUT2D eigenvalue weighted by Crippen LogP contribution is 2.22. The lowest BCUT2D eigenvalue weighted by atomic mass is 10.0. The molecule has 6 heteroatoms. The van der Waals surface area contributed by atoms with Crippen molar-refractivity contribution in [3.8, 4) is 5.75 Å². The number of carbonyl (C=O) groups is 1. The Kier molecular flexibility index (Phi) is 7.46. The second-order valence-corrected chi connectivity index (χ2v) is 7.76. The molecule has 0 spiro atoms. The summed E-state index contributed by atoms with van der Waals surface area (Å²) in [4.78, 5) is 16.7. The van der Waals surface area contributed by atoms with Crippen LogP contribution in [0.3, 0.4) is 0 Å². The van der Waals surface area contributed by atoms with Gasteiger partial charge in [0, 0.05) is 13.7 Å². The largest absolute Gasteiger partial charge is 0.494 e. The molecule has 3 rings (SSSR count). The zero-order chi connectivity index (χ0) is 21.5. The molecule has 0 bridgehead atoms. The molecule has 0 aliphatic rings. The van der Waals surface area contributed by atoms with Crippen molar-refractivity contribution >= 4 is 16.9 Å². The molecule has 2 aromatic carbocycles. The second kappa shape index (κ2) is 10.3.